The van der Waals surface area contributed by atoms with E-state index in [0.29, 0.717) is 0 Å². The minimum atomic E-state index is -1.02. The van der Waals surface area contributed by atoms with Crippen LogP contribution in [0.4, 0.5) is 0 Å². The number of hydrogen-bond acceptors (Lipinski definition) is 5. The first-order valence-corrected chi connectivity index (χ1v) is 4.32. The Morgan fingerprint density at radius 3 is 1.87 bits per heavy atom. The zero-order valence-electron chi connectivity index (χ0n) is 8.23. The van der Waals surface area contributed by atoms with Gasteiger partial charge in [-0.1, -0.05) is 0 Å². The van der Waals surface area contributed by atoms with Gasteiger partial charge >= 0.3 is 11.9 Å². The van der Waals surface area contributed by atoms with Crippen molar-refractivity contribution in [1.82, 2.24) is 0 Å². The fourth-order valence-electron chi connectivity index (χ4n) is 0.662. The molecule has 0 aliphatic carbocycles. The Labute approximate surface area is 86.5 Å². The molecule has 0 aromatic heterocycles. The van der Waals surface area contributed by atoms with E-state index >= 15 is 0 Å². The van der Waals surface area contributed by atoms with Gasteiger partial charge in [0.05, 0.1) is 26.4 Å². The molecule has 0 saturated heterocycles. The lowest BCUT2D eigenvalue weighted by atomic mass is 10.7. The smallest absolute Gasteiger partial charge is 0.542 e. The molecule has 7 heteroatoms. The molecule has 0 bridgehead atoms. The molecule has 0 heterocycles. The van der Waals surface area contributed by atoms with Crippen LogP contribution in [0.2, 0.25) is 0 Å². The molecular formula is C8H15O7+. The van der Waals surface area contributed by atoms with Gasteiger partial charge in [0.25, 0.3) is 0 Å². The van der Waals surface area contributed by atoms with Gasteiger partial charge in [0.15, 0.2) is 0 Å². The van der Waals surface area contributed by atoms with Crippen LogP contribution in [-0.2, 0) is 23.8 Å². The highest BCUT2D eigenvalue weighted by Gasteiger charge is 2.03. The highest BCUT2D eigenvalue weighted by atomic mass is 16.6. The quantitative estimate of drug-likeness (QED) is 0.352. The maximum atomic E-state index is 10.1. The van der Waals surface area contributed by atoms with Crippen LogP contribution in [0.1, 0.15) is 0 Å². The lowest BCUT2D eigenvalue weighted by molar-refractivity contribution is -0.142. The minimum Gasteiger partial charge on any atom is -0.563 e. The van der Waals surface area contributed by atoms with Crippen molar-refractivity contribution in [3.63, 3.8) is 0 Å². The molecule has 0 amide bonds. The van der Waals surface area contributed by atoms with Gasteiger partial charge < -0.3 is 24.4 Å². The standard InChI is InChI=1S/C8H14O7/c9-7(10)5-14-3-1-13-2-4-15-6-8(11)12/h1-6H2,(H,9,10)(H,11,12)/p+1. The molecule has 0 aliphatic rings. The molecular weight excluding hydrogens is 208 g/mol. The number of carbonyl (C=O) groups excluding carboxylic acids is 1. The van der Waals surface area contributed by atoms with Crippen molar-refractivity contribution in [1.29, 1.82) is 0 Å². The van der Waals surface area contributed by atoms with Gasteiger partial charge in [-0.25, -0.2) is 4.79 Å². The first-order valence-electron chi connectivity index (χ1n) is 4.32. The second-order valence-electron chi connectivity index (χ2n) is 2.53. The largest absolute Gasteiger partial charge is 0.563 e. The van der Waals surface area contributed by atoms with Crippen molar-refractivity contribution in [2.24, 2.45) is 0 Å². The van der Waals surface area contributed by atoms with Crippen LogP contribution in [0, 0.1) is 0 Å². The summed E-state index contributed by atoms with van der Waals surface area (Å²) in [6.45, 7) is 0.397. The van der Waals surface area contributed by atoms with Crippen LogP contribution >= 0.6 is 0 Å². The van der Waals surface area contributed by atoms with Gasteiger partial charge in [-0.05, 0) is 0 Å². The first-order chi connectivity index (χ1) is 7.13. The van der Waals surface area contributed by atoms with E-state index in [9.17, 15) is 9.59 Å². The van der Waals surface area contributed by atoms with E-state index in [1.165, 1.54) is 0 Å². The molecule has 7 nitrogen and oxygen atoms in total. The highest BCUT2D eigenvalue weighted by Crippen LogP contribution is 1.81. The summed E-state index contributed by atoms with van der Waals surface area (Å²) in [5, 5.41) is 14.7. The lowest BCUT2D eigenvalue weighted by Gasteiger charge is -2.03. The molecule has 0 saturated carbocycles. The molecule has 3 N–H and O–H groups in total. The summed E-state index contributed by atoms with van der Waals surface area (Å²) >= 11 is 0. The van der Waals surface area contributed by atoms with Gasteiger partial charge in [-0.2, -0.15) is 0 Å². The van der Waals surface area contributed by atoms with Gasteiger partial charge in [0.1, 0.15) is 6.61 Å². The van der Waals surface area contributed by atoms with Crippen LogP contribution in [0.3, 0.4) is 0 Å². The maximum absolute atomic E-state index is 10.1. The Bertz CT molecular complexity index is 171. The summed E-state index contributed by atoms with van der Waals surface area (Å²) in [7, 11) is 0. The summed E-state index contributed by atoms with van der Waals surface area (Å²) in [6.07, 6.45) is 0. The summed E-state index contributed by atoms with van der Waals surface area (Å²) in [5.74, 6) is -1.80. The average Bonchev–Trinajstić information content (AvgIpc) is 2.14. The van der Waals surface area contributed by atoms with E-state index in [1.54, 1.807) is 0 Å². The normalized spacial score (nSPS) is 10.1. The van der Waals surface area contributed by atoms with Crippen LogP contribution < -0.4 is 0 Å². The number of carboxylic acid groups (broad SMARTS) is 1. The Hall–Kier alpha value is -1.18. The van der Waals surface area contributed by atoms with Gasteiger partial charge in [-0.15, -0.1) is 0 Å². The van der Waals surface area contributed by atoms with Gasteiger partial charge in [0, 0.05) is 4.79 Å². The minimum absolute atomic E-state index is 0.198. The lowest BCUT2D eigenvalue weighted by Crippen LogP contribution is -2.14. The van der Waals surface area contributed by atoms with Crippen LogP contribution in [-0.4, -0.2) is 61.8 Å². The van der Waals surface area contributed by atoms with Crippen molar-refractivity contribution >= 4 is 11.9 Å². The predicted molar refractivity (Wildman–Crippen MR) is 48.7 cm³/mol. The van der Waals surface area contributed by atoms with Gasteiger partial charge in [-0.3, -0.25) is 0 Å². The summed E-state index contributed by atoms with van der Waals surface area (Å²) in [4.78, 5) is 20.1. The molecule has 88 valence electrons. The molecule has 0 atom stereocenters. The van der Waals surface area contributed by atoms with Crippen molar-refractivity contribution in [2.45, 2.75) is 0 Å². The SMILES string of the molecule is O=C(O)COCCOCCOCC(=O)[OH2+]. The Morgan fingerprint density at radius 1 is 0.933 bits per heavy atom. The average molecular weight is 223 g/mol. The van der Waals surface area contributed by atoms with Crippen LogP contribution in [0.25, 0.3) is 0 Å². The molecule has 0 radical (unpaired) electrons. The molecule has 0 aliphatic heterocycles. The van der Waals surface area contributed by atoms with E-state index in [-0.39, 0.29) is 39.6 Å². The van der Waals surface area contributed by atoms with E-state index in [0.717, 1.165) is 0 Å². The topological polar surface area (TPSA) is 105 Å². The monoisotopic (exact) mass is 223 g/mol. The second kappa shape index (κ2) is 9.38. The Morgan fingerprint density at radius 2 is 1.40 bits per heavy atom. The summed E-state index contributed by atoms with van der Waals surface area (Å²) in [6, 6.07) is 0. The number of aliphatic carboxylic acids is 1. The predicted octanol–water partition coefficient (Wildman–Crippen LogP) is -1.63. The summed E-state index contributed by atoms with van der Waals surface area (Å²) < 4.78 is 14.4. The van der Waals surface area contributed by atoms with E-state index < -0.39 is 11.9 Å². The fraction of sp³-hybridized carbons (Fsp3) is 0.750. The molecule has 15 heavy (non-hydrogen) atoms. The number of carboxylic acids is 1. The molecule has 0 aromatic rings. The number of ether oxygens (including phenoxy) is 3. The first kappa shape index (κ1) is 13.8. The number of hydrogen-bond donors (Lipinski definition) is 1. The fourth-order valence-corrected chi connectivity index (χ4v) is 0.662. The maximum Gasteiger partial charge on any atom is 0.542 e. The molecule has 0 rings (SSSR count). The molecule has 0 fully saturated rings. The van der Waals surface area contributed by atoms with Crippen molar-refractivity contribution in [3.05, 3.63) is 0 Å². The third-order valence-corrected chi connectivity index (χ3v) is 1.20. The third-order valence-electron chi connectivity index (χ3n) is 1.20. The zero-order valence-corrected chi connectivity index (χ0v) is 8.23. The molecule has 0 unspecified atom stereocenters. The highest BCUT2D eigenvalue weighted by molar-refractivity contribution is 5.68. The Balaban J connectivity index is 2.99. The van der Waals surface area contributed by atoms with E-state index in [4.69, 9.17) is 24.4 Å². The van der Waals surface area contributed by atoms with Crippen molar-refractivity contribution in [3.8, 4) is 0 Å². The van der Waals surface area contributed by atoms with Crippen LogP contribution in [0.15, 0.2) is 0 Å². The van der Waals surface area contributed by atoms with E-state index in [1.807, 2.05) is 0 Å². The Kier molecular flexibility index (Phi) is 8.64. The van der Waals surface area contributed by atoms with Crippen LogP contribution in [0.5, 0.6) is 0 Å². The molecule has 0 spiro atoms. The number of carbonyl (C=O) groups is 2. The van der Waals surface area contributed by atoms with Crippen molar-refractivity contribution in [2.75, 3.05) is 39.6 Å². The molecule has 0 aromatic carbocycles. The zero-order chi connectivity index (χ0) is 11.5. The second-order valence-corrected chi connectivity index (χ2v) is 2.53. The van der Waals surface area contributed by atoms with Gasteiger partial charge in [0.2, 0.25) is 6.61 Å². The van der Waals surface area contributed by atoms with Crippen molar-refractivity contribution < 1.29 is 34.0 Å². The summed E-state index contributed by atoms with van der Waals surface area (Å²) in [5.41, 5.74) is 0. The third kappa shape index (κ3) is 12.8. The number of rotatable bonds is 10. The van der Waals surface area contributed by atoms with E-state index in [2.05, 4.69) is 0 Å².